The van der Waals surface area contributed by atoms with Crippen molar-refractivity contribution in [2.45, 2.75) is 33.3 Å². The largest absolute Gasteiger partial charge is 0.377 e. The summed E-state index contributed by atoms with van der Waals surface area (Å²) in [5, 5.41) is 0. The molecule has 5 heteroatoms. The Bertz CT molecular complexity index is 211. The van der Waals surface area contributed by atoms with Crippen LogP contribution in [-0.4, -0.2) is 65.6 Å². The lowest BCUT2D eigenvalue weighted by molar-refractivity contribution is -0.0588. The van der Waals surface area contributed by atoms with Crippen molar-refractivity contribution in [1.29, 1.82) is 0 Å². The summed E-state index contributed by atoms with van der Waals surface area (Å²) in [5.74, 6) is 0. The molecule has 0 aromatic carbocycles. The standard InChI is InChI=1S/C15H30O5/c1-15(2,3)12-14-13-19-9-8-17-5-4-16-6-7-18-10-11-20-14/h14H,4-13H2,1-3H3. The molecule has 0 N–H and O–H groups in total. The molecule has 0 aliphatic carbocycles. The van der Waals surface area contributed by atoms with Crippen LogP contribution in [0.1, 0.15) is 27.2 Å². The average molecular weight is 290 g/mol. The van der Waals surface area contributed by atoms with E-state index in [0.717, 1.165) is 6.42 Å². The summed E-state index contributed by atoms with van der Waals surface area (Å²) in [6.07, 6.45) is 1.08. The van der Waals surface area contributed by atoms with Gasteiger partial charge in [-0.25, -0.2) is 0 Å². The van der Waals surface area contributed by atoms with E-state index in [2.05, 4.69) is 20.8 Å². The molecule has 1 aliphatic rings. The summed E-state index contributed by atoms with van der Waals surface area (Å²) in [7, 11) is 0. The highest BCUT2D eigenvalue weighted by Crippen LogP contribution is 2.22. The second-order valence-electron chi connectivity index (χ2n) is 6.17. The van der Waals surface area contributed by atoms with Crippen LogP contribution in [0.2, 0.25) is 0 Å². The molecule has 120 valence electrons. The smallest absolute Gasteiger partial charge is 0.0814 e. The Balaban J connectivity index is 2.32. The van der Waals surface area contributed by atoms with Crippen LogP contribution in [-0.2, 0) is 23.7 Å². The first-order valence-corrected chi connectivity index (χ1v) is 7.50. The van der Waals surface area contributed by atoms with Gasteiger partial charge in [-0.3, -0.25) is 0 Å². The summed E-state index contributed by atoms with van der Waals surface area (Å²) < 4.78 is 27.7. The molecule has 0 aromatic rings. The average Bonchev–Trinajstić information content (AvgIpc) is 2.37. The van der Waals surface area contributed by atoms with Gasteiger partial charge in [0, 0.05) is 0 Å². The summed E-state index contributed by atoms with van der Waals surface area (Å²) in [6, 6.07) is 0. The van der Waals surface area contributed by atoms with E-state index in [-0.39, 0.29) is 11.5 Å². The fourth-order valence-electron chi connectivity index (χ4n) is 2.00. The Labute approximate surface area is 122 Å². The van der Waals surface area contributed by atoms with Crippen molar-refractivity contribution in [1.82, 2.24) is 0 Å². The molecular weight excluding hydrogens is 260 g/mol. The van der Waals surface area contributed by atoms with Crippen molar-refractivity contribution >= 4 is 0 Å². The third kappa shape index (κ3) is 10.6. The highest BCUT2D eigenvalue weighted by molar-refractivity contribution is 4.69. The number of hydrogen-bond donors (Lipinski definition) is 0. The normalized spacial score (nSPS) is 25.6. The molecule has 0 radical (unpaired) electrons. The van der Waals surface area contributed by atoms with Crippen molar-refractivity contribution in [3.05, 3.63) is 0 Å². The minimum absolute atomic E-state index is 0.111. The lowest BCUT2D eigenvalue weighted by Crippen LogP contribution is -2.28. The van der Waals surface area contributed by atoms with Gasteiger partial charge >= 0.3 is 0 Å². The van der Waals surface area contributed by atoms with Crippen molar-refractivity contribution < 1.29 is 23.7 Å². The molecule has 1 fully saturated rings. The first-order valence-electron chi connectivity index (χ1n) is 7.50. The van der Waals surface area contributed by atoms with Crippen molar-refractivity contribution in [3.8, 4) is 0 Å². The summed E-state index contributed by atoms with van der Waals surface area (Å²) in [6.45, 7) is 12.0. The van der Waals surface area contributed by atoms with Gasteiger partial charge in [-0.15, -0.1) is 0 Å². The molecule has 1 rings (SSSR count). The van der Waals surface area contributed by atoms with Crippen LogP contribution in [0.3, 0.4) is 0 Å². The second kappa shape index (κ2) is 10.5. The van der Waals surface area contributed by atoms with E-state index < -0.39 is 0 Å². The van der Waals surface area contributed by atoms with Crippen LogP contribution in [0.25, 0.3) is 0 Å². The highest BCUT2D eigenvalue weighted by atomic mass is 16.6. The molecule has 20 heavy (non-hydrogen) atoms. The molecule has 0 spiro atoms. The van der Waals surface area contributed by atoms with E-state index in [1.807, 2.05) is 0 Å². The fraction of sp³-hybridized carbons (Fsp3) is 1.00. The van der Waals surface area contributed by atoms with E-state index in [1.165, 1.54) is 0 Å². The molecule has 1 saturated heterocycles. The van der Waals surface area contributed by atoms with Gasteiger partial charge in [0.05, 0.1) is 65.6 Å². The van der Waals surface area contributed by atoms with E-state index in [9.17, 15) is 0 Å². The minimum atomic E-state index is 0.111. The summed E-state index contributed by atoms with van der Waals surface area (Å²) in [5.41, 5.74) is 0.224. The maximum Gasteiger partial charge on any atom is 0.0814 e. The number of ether oxygens (including phenoxy) is 5. The van der Waals surface area contributed by atoms with Crippen LogP contribution in [0.15, 0.2) is 0 Å². The molecule has 5 nitrogen and oxygen atoms in total. The molecule has 1 heterocycles. The van der Waals surface area contributed by atoms with Gasteiger partial charge in [0.25, 0.3) is 0 Å². The molecule has 0 saturated carbocycles. The Morgan fingerprint density at radius 1 is 0.700 bits per heavy atom. The first-order chi connectivity index (χ1) is 9.58. The van der Waals surface area contributed by atoms with Gasteiger partial charge < -0.3 is 23.7 Å². The Morgan fingerprint density at radius 3 is 1.65 bits per heavy atom. The van der Waals surface area contributed by atoms with Gasteiger partial charge in [-0.05, 0) is 11.8 Å². The van der Waals surface area contributed by atoms with Gasteiger partial charge in [0.2, 0.25) is 0 Å². The van der Waals surface area contributed by atoms with Gasteiger partial charge in [0.15, 0.2) is 0 Å². The topological polar surface area (TPSA) is 46.2 Å². The van der Waals surface area contributed by atoms with Crippen LogP contribution in [0, 0.1) is 5.41 Å². The molecular formula is C15H30O5. The summed E-state index contributed by atoms with van der Waals surface area (Å²) >= 11 is 0. The third-order valence-electron chi connectivity index (χ3n) is 2.84. The molecule has 1 unspecified atom stereocenters. The predicted molar refractivity (Wildman–Crippen MR) is 77.1 cm³/mol. The van der Waals surface area contributed by atoms with Crippen LogP contribution < -0.4 is 0 Å². The van der Waals surface area contributed by atoms with Gasteiger partial charge in [-0.2, -0.15) is 0 Å². The SMILES string of the molecule is CC(C)(C)CC1COCCOCCOCCOCCO1. The Hall–Kier alpha value is -0.200. The molecule has 0 bridgehead atoms. The lowest BCUT2D eigenvalue weighted by Gasteiger charge is -2.26. The first kappa shape index (κ1) is 17.9. The van der Waals surface area contributed by atoms with Crippen LogP contribution in [0.5, 0.6) is 0 Å². The fourth-order valence-corrected chi connectivity index (χ4v) is 2.00. The highest BCUT2D eigenvalue weighted by Gasteiger charge is 2.19. The maximum atomic E-state index is 5.86. The molecule has 0 aromatic heterocycles. The van der Waals surface area contributed by atoms with Gasteiger partial charge in [-0.1, -0.05) is 20.8 Å². The minimum Gasteiger partial charge on any atom is -0.377 e. The quantitative estimate of drug-likeness (QED) is 0.738. The van der Waals surface area contributed by atoms with Crippen molar-refractivity contribution in [2.24, 2.45) is 5.41 Å². The van der Waals surface area contributed by atoms with E-state index >= 15 is 0 Å². The monoisotopic (exact) mass is 290 g/mol. The molecule has 0 amide bonds. The van der Waals surface area contributed by atoms with E-state index in [4.69, 9.17) is 23.7 Å². The van der Waals surface area contributed by atoms with Crippen molar-refractivity contribution in [2.75, 3.05) is 59.5 Å². The third-order valence-corrected chi connectivity index (χ3v) is 2.84. The van der Waals surface area contributed by atoms with E-state index in [1.54, 1.807) is 0 Å². The maximum absolute atomic E-state index is 5.86. The van der Waals surface area contributed by atoms with Crippen molar-refractivity contribution in [3.63, 3.8) is 0 Å². The summed E-state index contributed by atoms with van der Waals surface area (Å²) in [4.78, 5) is 0. The predicted octanol–water partition coefficient (Wildman–Crippen LogP) is 1.89. The molecule has 1 aliphatic heterocycles. The zero-order valence-electron chi connectivity index (χ0n) is 13.2. The Morgan fingerprint density at radius 2 is 1.15 bits per heavy atom. The zero-order valence-corrected chi connectivity index (χ0v) is 13.2. The van der Waals surface area contributed by atoms with E-state index in [0.29, 0.717) is 59.5 Å². The zero-order chi connectivity index (χ0) is 14.7. The molecule has 1 atom stereocenters. The van der Waals surface area contributed by atoms with Crippen LogP contribution >= 0.6 is 0 Å². The Kier molecular flexibility index (Phi) is 9.39. The van der Waals surface area contributed by atoms with Gasteiger partial charge in [0.1, 0.15) is 0 Å². The van der Waals surface area contributed by atoms with Crippen LogP contribution in [0.4, 0.5) is 0 Å². The lowest BCUT2D eigenvalue weighted by atomic mass is 9.89. The second-order valence-corrected chi connectivity index (χ2v) is 6.17. The number of hydrogen-bond acceptors (Lipinski definition) is 5. The number of rotatable bonds is 1.